The fourth-order valence-electron chi connectivity index (χ4n) is 0.648. The van der Waals surface area contributed by atoms with Crippen molar-refractivity contribution in [3.8, 4) is 0 Å². The molecular weight excluding hydrogens is 160 g/mol. The lowest BCUT2D eigenvalue weighted by molar-refractivity contribution is 0.234. The number of nitrogens with two attached hydrogens (primary N) is 1. The van der Waals surface area contributed by atoms with Crippen LogP contribution in [0.1, 0.15) is 6.42 Å². The van der Waals surface area contributed by atoms with Gasteiger partial charge >= 0.3 is 6.03 Å². The first kappa shape index (κ1) is 7.02. The Morgan fingerprint density at radius 1 is 1.89 bits per heavy atom. The van der Waals surface area contributed by atoms with Crippen LogP contribution in [0.3, 0.4) is 0 Å². The highest BCUT2D eigenvalue weighted by molar-refractivity contribution is 7.97. The Morgan fingerprint density at radius 3 is 2.78 bits per heavy atom. The number of rotatable bonds is 0. The van der Waals surface area contributed by atoms with E-state index in [0.717, 1.165) is 12.2 Å². The molecule has 1 rings (SSSR count). The van der Waals surface area contributed by atoms with E-state index in [4.69, 9.17) is 17.3 Å². The van der Waals surface area contributed by atoms with Crippen LogP contribution in [-0.4, -0.2) is 21.6 Å². The summed E-state index contributed by atoms with van der Waals surface area (Å²) in [6.45, 7) is 0. The van der Waals surface area contributed by atoms with Crippen molar-refractivity contribution in [2.24, 2.45) is 5.73 Å². The third-order valence-corrected chi connectivity index (χ3v) is 2.72. The topological polar surface area (TPSA) is 46.3 Å². The third-order valence-electron chi connectivity index (χ3n) is 1.06. The minimum Gasteiger partial charge on any atom is -0.351 e. The number of nitrogens with zero attached hydrogens (tertiary/aromatic N) is 1. The van der Waals surface area contributed by atoms with Crippen LogP contribution in [0.25, 0.3) is 0 Å². The zero-order valence-electron chi connectivity index (χ0n) is 4.71. The Bertz CT molecular complexity index is 132. The van der Waals surface area contributed by atoms with Crippen molar-refractivity contribution in [1.82, 2.24) is 4.31 Å². The number of urea groups is 1. The number of carbonyl (C=O) groups excluding carboxylic acids is 1. The predicted octanol–water partition coefficient (Wildman–Crippen LogP) is 0.984. The smallest absolute Gasteiger partial charge is 0.326 e. The Morgan fingerprint density at radius 2 is 2.56 bits per heavy atom. The molecule has 1 aliphatic heterocycles. The van der Waals surface area contributed by atoms with Crippen molar-refractivity contribution in [3.63, 3.8) is 0 Å². The normalized spacial score (nSPS) is 26.8. The van der Waals surface area contributed by atoms with Crippen LogP contribution in [0.2, 0.25) is 0 Å². The molecule has 0 unspecified atom stereocenters. The molecule has 2 N–H and O–H groups in total. The number of halogens is 1. The first-order valence-corrected chi connectivity index (χ1v) is 3.95. The second kappa shape index (κ2) is 2.66. The van der Waals surface area contributed by atoms with E-state index >= 15 is 0 Å². The van der Waals surface area contributed by atoms with Gasteiger partial charge in [-0.2, -0.15) is 0 Å². The molecule has 0 saturated carbocycles. The maximum Gasteiger partial charge on any atom is 0.326 e. The van der Waals surface area contributed by atoms with Crippen LogP contribution in [0.5, 0.6) is 0 Å². The molecule has 9 heavy (non-hydrogen) atoms. The van der Waals surface area contributed by atoms with Gasteiger partial charge in [-0.15, -0.1) is 0 Å². The zero-order chi connectivity index (χ0) is 6.85. The van der Waals surface area contributed by atoms with Crippen LogP contribution in [0, 0.1) is 0 Å². The summed E-state index contributed by atoms with van der Waals surface area (Å²) in [5.74, 6) is 0.886. The SMILES string of the molecule is NC(=O)N1SCC[C@H]1Cl. The van der Waals surface area contributed by atoms with Gasteiger partial charge < -0.3 is 5.73 Å². The summed E-state index contributed by atoms with van der Waals surface area (Å²) in [5.41, 5.74) is 4.77. The Kier molecular flexibility index (Phi) is 2.08. The van der Waals surface area contributed by atoms with Crippen LogP contribution in [0.15, 0.2) is 0 Å². The highest BCUT2D eigenvalue weighted by Crippen LogP contribution is 2.28. The van der Waals surface area contributed by atoms with Crippen molar-refractivity contribution in [2.45, 2.75) is 11.9 Å². The molecule has 0 aromatic rings. The molecule has 1 aliphatic rings. The monoisotopic (exact) mass is 166 g/mol. The van der Waals surface area contributed by atoms with E-state index in [9.17, 15) is 4.79 Å². The number of primary amides is 1. The van der Waals surface area contributed by atoms with E-state index in [1.165, 1.54) is 16.3 Å². The van der Waals surface area contributed by atoms with Gasteiger partial charge in [0, 0.05) is 5.75 Å². The van der Waals surface area contributed by atoms with Gasteiger partial charge in [-0.1, -0.05) is 11.6 Å². The molecule has 52 valence electrons. The fraction of sp³-hybridized carbons (Fsp3) is 0.750. The molecule has 1 saturated heterocycles. The van der Waals surface area contributed by atoms with E-state index in [1.54, 1.807) is 0 Å². The number of amides is 2. The highest BCUT2D eigenvalue weighted by Gasteiger charge is 2.25. The summed E-state index contributed by atoms with van der Waals surface area (Å²) in [6.07, 6.45) is 0.829. The van der Waals surface area contributed by atoms with Crippen molar-refractivity contribution in [2.75, 3.05) is 5.75 Å². The Hall–Kier alpha value is -0.0900. The summed E-state index contributed by atoms with van der Waals surface area (Å²) in [6, 6.07) is -0.447. The standard InChI is InChI=1S/C4H7ClN2OS/c5-3-1-2-9-7(3)4(6)8/h3H,1-2H2,(H2,6,8)/t3-/m0/s1. The molecular formula is C4H7ClN2OS. The summed E-state index contributed by atoms with van der Waals surface area (Å²) in [4.78, 5) is 10.5. The number of hydrogen-bond donors (Lipinski definition) is 1. The Labute approximate surface area is 62.7 Å². The van der Waals surface area contributed by atoms with E-state index in [0.29, 0.717) is 0 Å². The van der Waals surface area contributed by atoms with Crippen molar-refractivity contribution in [1.29, 1.82) is 0 Å². The molecule has 0 aliphatic carbocycles. The quantitative estimate of drug-likeness (QED) is 0.331. The maximum absolute atomic E-state index is 10.5. The van der Waals surface area contributed by atoms with E-state index < -0.39 is 6.03 Å². The highest BCUT2D eigenvalue weighted by atomic mass is 35.5. The molecule has 0 aromatic heterocycles. The first-order valence-electron chi connectivity index (χ1n) is 2.57. The molecule has 1 atom stereocenters. The lowest BCUT2D eigenvalue weighted by atomic mass is 10.5. The van der Waals surface area contributed by atoms with Gasteiger partial charge in [0.1, 0.15) is 5.50 Å². The van der Waals surface area contributed by atoms with Crippen molar-refractivity contribution in [3.05, 3.63) is 0 Å². The molecule has 2 amide bonds. The molecule has 3 nitrogen and oxygen atoms in total. The maximum atomic E-state index is 10.5. The molecule has 5 heteroatoms. The molecule has 0 radical (unpaired) electrons. The van der Waals surface area contributed by atoms with Crippen LogP contribution in [-0.2, 0) is 0 Å². The fourth-order valence-corrected chi connectivity index (χ4v) is 2.07. The summed E-state index contributed by atoms with van der Waals surface area (Å²) in [7, 11) is 0. The number of hydrogen-bond acceptors (Lipinski definition) is 2. The van der Waals surface area contributed by atoms with Crippen LogP contribution >= 0.6 is 23.5 Å². The van der Waals surface area contributed by atoms with E-state index in [2.05, 4.69) is 0 Å². The van der Waals surface area contributed by atoms with Crippen molar-refractivity contribution < 1.29 is 4.79 Å². The predicted molar refractivity (Wildman–Crippen MR) is 38.1 cm³/mol. The van der Waals surface area contributed by atoms with Gasteiger partial charge in [0.15, 0.2) is 0 Å². The molecule has 0 bridgehead atoms. The van der Waals surface area contributed by atoms with Gasteiger partial charge in [0.05, 0.1) is 0 Å². The summed E-state index contributed by atoms with van der Waals surface area (Å²) in [5, 5.41) is 0. The van der Waals surface area contributed by atoms with Crippen molar-refractivity contribution >= 4 is 29.6 Å². The average molecular weight is 167 g/mol. The third kappa shape index (κ3) is 1.43. The summed E-state index contributed by atoms with van der Waals surface area (Å²) >= 11 is 7.06. The summed E-state index contributed by atoms with van der Waals surface area (Å²) < 4.78 is 1.39. The molecule has 0 aromatic carbocycles. The lowest BCUT2D eigenvalue weighted by Gasteiger charge is -2.13. The molecule has 1 fully saturated rings. The minimum atomic E-state index is -0.447. The number of carbonyl (C=O) groups is 1. The second-order valence-electron chi connectivity index (χ2n) is 1.72. The molecule has 1 heterocycles. The second-order valence-corrected chi connectivity index (χ2v) is 3.28. The van der Waals surface area contributed by atoms with Gasteiger partial charge in [-0.3, -0.25) is 4.31 Å². The van der Waals surface area contributed by atoms with Gasteiger partial charge in [-0.05, 0) is 18.4 Å². The average Bonchev–Trinajstić information content (AvgIpc) is 2.13. The van der Waals surface area contributed by atoms with Crippen LogP contribution < -0.4 is 5.73 Å². The van der Waals surface area contributed by atoms with Gasteiger partial charge in [0.2, 0.25) is 0 Å². The van der Waals surface area contributed by atoms with Gasteiger partial charge in [-0.25, -0.2) is 4.79 Å². The lowest BCUT2D eigenvalue weighted by Crippen LogP contribution is -2.31. The van der Waals surface area contributed by atoms with E-state index in [1.807, 2.05) is 0 Å². The minimum absolute atomic E-state index is 0.201. The Balaban J connectivity index is 2.49. The largest absolute Gasteiger partial charge is 0.351 e. The molecule has 0 spiro atoms. The zero-order valence-corrected chi connectivity index (χ0v) is 6.28. The van der Waals surface area contributed by atoms with Crippen LogP contribution in [0.4, 0.5) is 4.79 Å². The van der Waals surface area contributed by atoms with Gasteiger partial charge in [0.25, 0.3) is 0 Å². The number of alkyl halides is 1. The van der Waals surface area contributed by atoms with E-state index in [-0.39, 0.29) is 5.50 Å². The first-order chi connectivity index (χ1) is 4.22.